The fourth-order valence-electron chi connectivity index (χ4n) is 3.39. The summed E-state index contributed by atoms with van der Waals surface area (Å²) in [7, 11) is 0. The molecule has 0 saturated carbocycles. The third kappa shape index (κ3) is 3.03. The molecule has 0 unspecified atom stereocenters. The van der Waals surface area contributed by atoms with Crippen molar-refractivity contribution < 1.29 is 13.7 Å². The molecule has 0 radical (unpaired) electrons. The summed E-state index contributed by atoms with van der Waals surface area (Å²) < 4.78 is 18.0. The summed E-state index contributed by atoms with van der Waals surface area (Å²) in [6.07, 6.45) is 1.31. The van der Waals surface area contributed by atoms with Crippen molar-refractivity contribution in [2.45, 2.75) is 11.8 Å². The van der Waals surface area contributed by atoms with Gasteiger partial charge in [0, 0.05) is 30.5 Å². The maximum absolute atomic E-state index is 13.1. The molecule has 1 aliphatic heterocycles. The minimum Gasteiger partial charge on any atom is -0.343 e. The lowest BCUT2D eigenvalue weighted by molar-refractivity contribution is 0.0788. The van der Waals surface area contributed by atoms with E-state index < -0.39 is 0 Å². The molecular formula is C19H16FN3O2. The Hall–Kier alpha value is -3.02. The minimum atomic E-state index is -0.357. The maximum Gasteiger partial charge on any atom is 0.253 e. The lowest BCUT2D eigenvalue weighted by atomic mass is 9.88. The van der Waals surface area contributed by atoms with Crippen LogP contribution >= 0.6 is 0 Å². The SMILES string of the molecule is O=C(c1ccc(F)cc1)N1C[C@H](c2ccccc2)[C@H](c2ncon2)C1. The highest BCUT2D eigenvalue weighted by Crippen LogP contribution is 2.38. The van der Waals surface area contributed by atoms with Crippen LogP contribution in [0.15, 0.2) is 65.5 Å². The molecule has 1 aromatic heterocycles. The molecule has 25 heavy (non-hydrogen) atoms. The van der Waals surface area contributed by atoms with E-state index in [9.17, 15) is 9.18 Å². The number of carbonyl (C=O) groups excluding carboxylic acids is 1. The van der Waals surface area contributed by atoms with E-state index in [-0.39, 0.29) is 23.6 Å². The van der Waals surface area contributed by atoms with Crippen LogP contribution in [0.1, 0.15) is 33.6 Å². The summed E-state index contributed by atoms with van der Waals surface area (Å²) in [4.78, 5) is 18.7. The van der Waals surface area contributed by atoms with Gasteiger partial charge in [0.25, 0.3) is 5.91 Å². The molecule has 1 fully saturated rings. The number of aromatic nitrogens is 2. The summed E-state index contributed by atoms with van der Waals surface area (Å²) in [5.41, 5.74) is 1.61. The molecule has 2 atom stereocenters. The van der Waals surface area contributed by atoms with Gasteiger partial charge in [0.05, 0.1) is 0 Å². The Bertz CT molecular complexity index is 850. The second kappa shape index (κ2) is 6.47. The van der Waals surface area contributed by atoms with E-state index in [0.717, 1.165) is 5.56 Å². The molecule has 2 heterocycles. The van der Waals surface area contributed by atoms with Crippen molar-refractivity contribution >= 4 is 5.91 Å². The fourth-order valence-corrected chi connectivity index (χ4v) is 3.39. The smallest absolute Gasteiger partial charge is 0.253 e. The molecule has 5 nitrogen and oxygen atoms in total. The number of amides is 1. The molecular weight excluding hydrogens is 321 g/mol. The Morgan fingerprint density at radius 3 is 2.44 bits per heavy atom. The van der Waals surface area contributed by atoms with Gasteiger partial charge in [-0.15, -0.1) is 0 Å². The first-order chi connectivity index (χ1) is 12.2. The lowest BCUT2D eigenvalue weighted by Crippen LogP contribution is -2.28. The van der Waals surface area contributed by atoms with Crippen molar-refractivity contribution in [3.05, 3.63) is 83.8 Å². The Morgan fingerprint density at radius 1 is 1.04 bits per heavy atom. The molecule has 0 N–H and O–H groups in total. The van der Waals surface area contributed by atoms with Gasteiger partial charge < -0.3 is 9.42 Å². The van der Waals surface area contributed by atoms with Crippen LogP contribution in [0.25, 0.3) is 0 Å². The van der Waals surface area contributed by atoms with Crippen LogP contribution in [0.5, 0.6) is 0 Å². The van der Waals surface area contributed by atoms with Gasteiger partial charge in [-0.1, -0.05) is 35.5 Å². The first-order valence-corrected chi connectivity index (χ1v) is 8.08. The van der Waals surface area contributed by atoms with Gasteiger partial charge in [-0.3, -0.25) is 4.79 Å². The normalized spacial score (nSPS) is 20.0. The summed E-state index contributed by atoms with van der Waals surface area (Å²) >= 11 is 0. The highest BCUT2D eigenvalue weighted by molar-refractivity contribution is 5.94. The van der Waals surface area contributed by atoms with Gasteiger partial charge in [0.15, 0.2) is 5.82 Å². The number of carbonyl (C=O) groups is 1. The van der Waals surface area contributed by atoms with Crippen molar-refractivity contribution in [1.29, 1.82) is 0 Å². The van der Waals surface area contributed by atoms with E-state index in [1.807, 2.05) is 30.3 Å². The van der Waals surface area contributed by atoms with Gasteiger partial charge in [-0.2, -0.15) is 4.98 Å². The highest BCUT2D eigenvalue weighted by Gasteiger charge is 2.39. The first kappa shape index (κ1) is 15.5. The maximum atomic E-state index is 13.1. The first-order valence-electron chi connectivity index (χ1n) is 8.08. The molecule has 0 aliphatic carbocycles. The van der Waals surface area contributed by atoms with Crippen LogP contribution in [0.4, 0.5) is 4.39 Å². The standard InChI is InChI=1S/C19H16FN3O2/c20-15-8-6-14(7-9-15)19(24)23-10-16(13-4-2-1-3-5-13)17(11-23)18-21-12-25-22-18/h1-9,12,16-17H,10-11H2/t16-,17-/m1/s1. The molecule has 6 heteroatoms. The second-order valence-corrected chi connectivity index (χ2v) is 6.13. The van der Waals surface area contributed by atoms with Gasteiger partial charge in [-0.05, 0) is 29.8 Å². The molecule has 1 saturated heterocycles. The van der Waals surface area contributed by atoms with Crippen LogP contribution in [0.3, 0.4) is 0 Å². The number of hydrogen-bond acceptors (Lipinski definition) is 4. The number of rotatable bonds is 3. The number of benzene rings is 2. The van der Waals surface area contributed by atoms with E-state index >= 15 is 0 Å². The molecule has 126 valence electrons. The van der Waals surface area contributed by atoms with E-state index in [2.05, 4.69) is 10.1 Å². The quantitative estimate of drug-likeness (QED) is 0.736. The van der Waals surface area contributed by atoms with Crippen molar-refractivity contribution in [3.8, 4) is 0 Å². The number of hydrogen-bond donors (Lipinski definition) is 0. The zero-order chi connectivity index (χ0) is 17.2. The van der Waals surface area contributed by atoms with Crippen LogP contribution in [-0.2, 0) is 0 Å². The highest BCUT2D eigenvalue weighted by atomic mass is 19.1. The Morgan fingerprint density at radius 2 is 1.76 bits per heavy atom. The second-order valence-electron chi connectivity index (χ2n) is 6.13. The minimum absolute atomic E-state index is 0.0365. The molecule has 1 amide bonds. The van der Waals surface area contributed by atoms with E-state index in [1.165, 1.54) is 30.7 Å². The van der Waals surface area contributed by atoms with Crippen LogP contribution in [0, 0.1) is 5.82 Å². The molecule has 4 rings (SSSR count). The predicted octanol–water partition coefficient (Wildman–Crippen LogP) is 3.23. The van der Waals surface area contributed by atoms with E-state index in [1.54, 1.807) is 4.90 Å². The summed E-state index contributed by atoms with van der Waals surface area (Å²) in [5.74, 6) is 0.175. The van der Waals surface area contributed by atoms with Gasteiger partial charge in [-0.25, -0.2) is 4.39 Å². The Labute approximate surface area is 144 Å². The Kier molecular flexibility index (Phi) is 4.01. The molecule has 1 aliphatic rings. The predicted molar refractivity (Wildman–Crippen MR) is 88.5 cm³/mol. The third-order valence-corrected chi connectivity index (χ3v) is 4.64. The van der Waals surface area contributed by atoms with Gasteiger partial charge >= 0.3 is 0 Å². The topological polar surface area (TPSA) is 59.2 Å². The van der Waals surface area contributed by atoms with Crippen molar-refractivity contribution in [1.82, 2.24) is 15.0 Å². The van der Waals surface area contributed by atoms with Gasteiger partial charge in [0.2, 0.25) is 6.39 Å². The summed E-state index contributed by atoms with van der Waals surface area (Å²) in [5, 5.41) is 3.98. The average molecular weight is 337 g/mol. The zero-order valence-electron chi connectivity index (χ0n) is 13.4. The molecule has 0 spiro atoms. The fraction of sp³-hybridized carbons (Fsp3) is 0.211. The molecule has 0 bridgehead atoms. The molecule has 3 aromatic rings. The third-order valence-electron chi connectivity index (χ3n) is 4.64. The van der Waals surface area contributed by atoms with Crippen molar-refractivity contribution in [2.24, 2.45) is 0 Å². The van der Waals surface area contributed by atoms with Crippen molar-refractivity contribution in [3.63, 3.8) is 0 Å². The van der Waals surface area contributed by atoms with Crippen LogP contribution in [-0.4, -0.2) is 34.0 Å². The zero-order valence-corrected chi connectivity index (χ0v) is 13.4. The van der Waals surface area contributed by atoms with Gasteiger partial charge in [0.1, 0.15) is 5.82 Å². The monoisotopic (exact) mass is 337 g/mol. The summed E-state index contributed by atoms with van der Waals surface area (Å²) in [6.45, 7) is 1.05. The Balaban J connectivity index is 1.63. The number of likely N-dealkylation sites (tertiary alicyclic amines) is 1. The van der Waals surface area contributed by atoms with Crippen molar-refractivity contribution in [2.75, 3.05) is 13.1 Å². The summed E-state index contributed by atoms with van der Waals surface area (Å²) in [6, 6.07) is 15.6. The lowest BCUT2D eigenvalue weighted by Gasteiger charge is -2.16. The van der Waals surface area contributed by atoms with E-state index in [0.29, 0.717) is 24.5 Å². The van der Waals surface area contributed by atoms with Crippen LogP contribution in [0.2, 0.25) is 0 Å². The van der Waals surface area contributed by atoms with Crippen LogP contribution < -0.4 is 0 Å². The average Bonchev–Trinajstić information content (AvgIpc) is 3.32. The largest absolute Gasteiger partial charge is 0.343 e. The van der Waals surface area contributed by atoms with E-state index in [4.69, 9.17) is 4.52 Å². The molecule has 2 aromatic carbocycles. The number of nitrogens with zero attached hydrogens (tertiary/aromatic N) is 3. The number of halogens is 1.